The molecule has 0 aliphatic carbocycles. The lowest BCUT2D eigenvalue weighted by atomic mass is 10.1. The number of aromatic hydroxyl groups is 2. The van der Waals surface area contributed by atoms with Gasteiger partial charge in [-0.25, -0.2) is 4.98 Å². The molecule has 9 nitrogen and oxygen atoms in total. The molecule has 26 heavy (non-hydrogen) atoms. The Balaban J connectivity index is 2.08. The molecule has 0 aliphatic heterocycles. The van der Waals surface area contributed by atoms with Gasteiger partial charge in [0.05, 0.1) is 16.0 Å². The molecule has 0 bridgehead atoms. The number of carbonyl (C=O) groups is 1. The lowest BCUT2D eigenvalue weighted by Gasteiger charge is -2.04. The average molecular weight is 350 g/mol. The molecule has 0 fully saturated rings. The Morgan fingerprint density at radius 2 is 2.04 bits per heavy atom. The number of rotatable bonds is 3. The fourth-order valence-corrected chi connectivity index (χ4v) is 2.41. The van der Waals surface area contributed by atoms with Crippen molar-refractivity contribution in [3.63, 3.8) is 0 Å². The highest BCUT2D eigenvalue weighted by molar-refractivity contribution is 6.06. The summed E-state index contributed by atoms with van der Waals surface area (Å²) in [7, 11) is 0. The van der Waals surface area contributed by atoms with E-state index in [1.165, 1.54) is 10.9 Å². The number of imidazole rings is 1. The van der Waals surface area contributed by atoms with Crippen LogP contribution in [0.15, 0.2) is 48.3 Å². The number of aromatic nitrogens is 2. The zero-order valence-electron chi connectivity index (χ0n) is 13.0. The molecule has 2 N–H and O–H groups in total. The molecule has 0 atom stereocenters. The third-order valence-corrected chi connectivity index (χ3v) is 3.62. The van der Waals surface area contributed by atoms with Crippen molar-refractivity contribution in [2.75, 3.05) is 0 Å². The summed E-state index contributed by atoms with van der Waals surface area (Å²) in [6.07, 6.45) is 2.36. The number of fused-ring (bicyclic) bond motifs is 1. The van der Waals surface area contributed by atoms with Crippen molar-refractivity contribution in [2.45, 2.75) is 0 Å². The highest BCUT2D eigenvalue weighted by atomic mass is 16.6. The second kappa shape index (κ2) is 6.37. The molecule has 0 radical (unpaired) electrons. The van der Waals surface area contributed by atoms with Crippen LogP contribution in [-0.2, 0) is 0 Å². The van der Waals surface area contributed by atoms with Crippen molar-refractivity contribution in [2.24, 2.45) is 0 Å². The number of nitro groups is 1. The molecule has 0 unspecified atom stereocenters. The van der Waals surface area contributed by atoms with Gasteiger partial charge in [0, 0.05) is 6.07 Å². The number of phenolic OH excluding ortho intramolecular Hbond substituents is 2. The van der Waals surface area contributed by atoms with Gasteiger partial charge in [-0.3, -0.25) is 19.5 Å². The standard InChI is InChI=1S/C17H10N4O5/c18-8-11(5-10-6-14(21(25)26)16(23)15(22)7-10)17(24)20-9-19-12-3-1-2-4-13(12)20/h1-7,9,22-23H/b11-5+. The van der Waals surface area contributed by atoms with Crippen molar-refractivity contribution in [1.29, 1.82) is 5.26 Å². The number of allylic oxidation sites excluding steroid dienone is 1. The Hall–Kier alpha value is -4.19. The molecule has 0 amide bonds. The molecule has 3 aromatic rings. The molecule has 0 saturated carbocycles. The van der Waals surface area contributed by atoms with Gasteiger partial charge in [0.25, 0.3) is 5.91 Å². The summed E-state index contributed by atoms with van der Waals surface area (Å²) in [6, 6.07) is 10.5. The maximum Gasteiger partial charge on any atom is 0.315 e. The van der Waals surface area contributed by atoms with Crippen LogP contribution in [0, 0.1) is 21.4 Å². The number of phenols is 2. The van der Waals surface area contributed by atoms with Gasteiger partial charge < -0.3 is 10.2 Å². The maximum atomic E-state index is 12.6. The Bertz CT molecular complexity index is 1120. The predicted octanol–water partition coefficient (Wildman–Crippen LogP) is 2.60. The van der Waals surface area contributed by atoms with Gasteiger partial charge in [-0.15, -0.1) is 0 Å². The smallest absolute Gasteiger partial charge is 0.315 e. The average Bonchev–Trinajstić information content (AvgIpc) is 3.05. The fraction of sp³-hybridized carbons (Fsp3) is 0. The lowest BCUT2D eigenvalue weighted by Crippen LogP contribution is -2.11. The van der Waals surface area contributed by atoms with E-state index in [0.717, 1.165) is 18.2 Å². The van der Waals surface area contributed by atoms with Crippen LogP contribution < -0.4 is 0 Å². The van der Waals surface area contributed by atoms with Crippen LogP contribution in [0.4, 0.5) is 5.69 Å². The number of hydrogen-bond acceptors (Lipinski definition) is 7. The van der Waals surface area contributed by atoms with Crippen molar-refractivity contribution in [3.05, 3.63) is 64.0 Å². The van der Waals surface area contributed by atoms with E-state index in [1.807, 2.05) is 0 Å². The van der Waals surface area contributed by atoms with Crippen LogP contribution in [0.5, 0.6) is 11.5 Å². The first-order valence-electron chi connectivity index (χ1n) is 7.21. The summed E-state index contributed by atoms with van der Waals surface area (Å²) in [5.41, 5.74) is 0.0113. The summed E-state index contributed by atoms with van der Waals surface area (Å²) in [5, 5.41) is 39.3. The highest BCUT2D eigenvalue weighted by Crippen LogP contribution is 2.36. The van der Waals surface area contributed by atoms with E-state index in [9.17, 15) is 30.4 Å². The van der Waals surface area contributed by atoms with Crippen LogP contribution in [0.3, 0.4) is 0 Å². The second-order valence-corrected chi connectivity index (χ2v) is 5.24. The van der Waals surface area contributed by atoms with Crippen molar-refractivity contribution in [1.82, 2.24) is 9.55 Å². The van der Waals surface area contributed by atoms with E-state index < -0.39 is 28.0 Å². The van der Waals surface area contributed by atoms with E-state index in [-0.39, 0.29) is 11.1 Å². The minimum Gasteiger partial charge on any atom is -0.504 e. The van der Waals surface area contributed by atoms with E-state index in [4.69, 9.17) is 0 Å². The third kappa shape index (κ3) is 2.83. The first-order chi connectivity index (χ1) is 12.4. The van der Waals surface area contributed by atoms with Gasteiger partial charge >= 0.3 is 5.69 Å². The van der Waals surface area contributed by atoms with Crippen LogP contribution >= 0.6 is 0 Å². The third-order valence-electron chi connectivity index (χ3n) is 3.62. The Kier molecular flexibility index (Phi) is 4.08. The fourth-order valence-electron chi connectivity index (χ4n) is 2.41. The zero-order valence-corrected chi connectivity index (χ0v) is 13.0. The van der Waals surface area contributed by atoms with Gasteiger partial charge in [-0.05, 0) is 29.8 Å². The van der Waals surface area contributed by atoms with Crippen LogP contribution in [0.1, 0.15) is 10.4 Å². The summed E-state index contributed by atoms with van der Waals surface area (Å²) in [4.78, 5) is 26.7. The predicted molar refractivity (Wildman–Crippen MR) is 90.4 cm³/mol. The van der Waals surface area contributed by atoms with Gasteiger partial charge in [-0.1, -0.05) is 12.1 Å². The minimum atomic E-state index is -0.891. The van der Waals surface area contributed by atoms with E-state index in [2.05, 4.69) is 4.98 Å². The molecule has 0 saturated heterocycles. The first kappa shape index (κ1) is 16.7. The zero-order chi connectivity index (χ0) is 18.8. The maximum absolute atomic E-state index is 12.6. The van der Waals surface area contributed by atoms with Gasteiger partial charge in [0.1, 0.15) is 18.0 Å². The molecule has 0 spiro atoms. The quantitative estimate of drug-likeness (QED) is 0.243. The largest absolute Gasteiger partial charge is 0.504 e. The summed E-state index contributed by atoms with van der Waals surface area (Å²) < 4.78 is 1.18. The summed E-state index contributed by atoms with van der Waals surface area (Å²) in [5.74, 6) is -2.31. The first-order valence-corrected chi connectivity index (χ1v) is 7.21. The Labute approximate surface area is 145 Å². The number of nitro benzene ring substituents is 1. The van der Waals surface area contributed by atoms with Gasteiger partial charge in [-0.2, -0.15) is 5.26 Å². The van der Waals surface area contributed by atoms with Crippen LogP contribution in [-0.4, -0.2) is 30.6 Å². The number of carbonyl (C=O) groups excluding carboxylic acids is 1. The summed E-state index contributed by atoms with van der Waals surface area (Å²) >= 11 is 0. The SMILES string of the molecule is N#C/C(=C\c1cc(O)c(O)c([N+](=O)[O-])c1)C(=O)n1cnc2ccccc21. The van der Waals surface area contributed by atoms with Gasteiger partial charge in [0.2, 0.25) is 5.75 Å². The summed E-state index contributed by atoms with van der Waals surface area (Å²) in [6.45, 7) is 0. The molecule has 3 rings (SSSR count). The van der Waals surface area contributed by atoms with E-state index in [0.29, 0.717) is 11.0 Å². The molecule has 1 heterocycles. The lowest BCUT2D eigenvalue weighted by molar-refractivity contribution is -0.386. The number of nitrogens with zero attached hydrogens (tertiary/aromatic N) is 4. The van der Waals surface area contributed by atoms with Crippen LogP contribution in [0.2, 0.25) is 0 Å². The highest BCUT2D eigenvalue weighted by Gasteiger charge is 2.20. The van der Waals surface area contributed by atoms with Crippen molar-refractivity contribution in [3.8, 4) is 17.6 Å². The molecule has 2 aromatic carbocycles. The molecule has 9 heteroatoms. The molecular formula is C17H10N4O5. The molecular weight excluding hydrogens is 340 g/mol. The van der Waals surface area contributed by atoms with E-state index in [1.54, 1.807) is 30.3 Å². The minimum absolute atomic E-state index is 0.0151. The molecule has 128 valence electrons. The topological polar surface area (TPSA) is 142 Å². The van der Waals surface area contributed by atoms with Crippen LogP contribution in [0.25, 0.3) is 17.1 Å². The Morgan fingerprint density at radius 3 is 2.73 bits per heavy atom. The second-order valence-electron chi connectivity index (χ2n) is 5.24. The number of hydrogen-bond donors (Lipinski definition) is 2. The Morgan fingerprint density at radius 1 is 1.31 bits per heavy atom. The molecule has 1 aromatic heterocycles. The molecule has 0 aliphatic rings. The number of nitriles is 1. The van der Waals surface area contributed by atoms with E-state index >= 15 is 0 Å². The normalized spacial score (nSPS) is 11.3. The number of para-hydroxylation sites is 2. The van der Waals surface area contributed by atoms with Crippen molar-refractivity contribution < 1.29 is 19.9 Å². The number of benzene rings is 2. The van der Waals surface area contributed by atoms with Gasteiger partial charge in [0.15, 0.2) is 5.75 Å². The monoisotopic (exact) mass is 350 g/mol. The van der Waals surface area contributed by atoms with Crippen molar-refractivity contribution >= 4 is 28.7 Å².